The average molecular weight is 270 g/mol. The van der Waals surface area contributed by atoms with Crippen molar-refractivity contribution in [3.8, 4) is 0 Å². The van der Waals surface area contributed by atoms with Crippen molar-refractivity contribution in [3.05, 3.63) is 59.2 Å². The molecule has 0 aliphatic carbocycles. The van der Waals surface area contributed by atoms with Gasteiger partial charge in [0.25, 0.3) is 0 Å². The smallest absolute Gasteiger partial charge is 0.106 e. The van der Waals surface area contributed by atoms with Crippen LogP contribution in [0.4, 0.5) is 11.4 Å². The summed E-state index contributed by atoms with van der Waals surface area (Å²) < 4.78 is 0. The third kappa shape index (κ3) is 2.93. The first kappa shape index (κ1) is 13.6. The standard InChI is InChI=1S/C16H18N2S/c1-3-12-8-4-5-10-14(12)18-15-11(2)7-6-9-13(15)16(17)19/h4-10,18H,3H2,1-2H3,(H2,17,19). The maximum atomic E-state index is 5.80. The van der Waals surface area contributed by atoms with Gasteiger partial charge < -0.3 is 11.1 Å². The van der Waals surface area contributed by atoms with E-state index in [1.165, 1.54) is 5.56 Å². The minimum absolute atomic E-state index is 0.417. The lowest BCUT2D eigenvalue weighted by Gasteiger charge is -2.16. The second kappa shape index (κ2) is 5.85. The van der Waals surface area contributed by atoms with Crippen molar-refractivity contribution in [2.24, 2.45) is 5.73 Å². The fourth-order valence-corrected chi connectivity index (χ4v) is 2.29. The van der Waals surface area contributed by atoms with Gasteiger partial charge in [-0.05, 0) is 36.6 Å². The molecule has 98 valence electrons. The second-order valence-electron chi connectivity index (χ2n) is 4.50. The topological polar surface area (TPSA) is 38.0 Å². The Hall–Kier alpha value is -1.87. The van der Waals surface area contributed by atoms with E-state index in [2.05, 4.69) is 43.4 Å². The van der Waals surface area contributed by atoms with Crippen LogP contribution in [0.1, 0.15) is 23.6 Å². The van der Waals surface area contributed by atoms with Gasteiger partial charge in [-0.25, -0.2) is 0 Å². The Labute approximate surface area is 119 Å². The van der Waals surface area contributed by atoms with E-state index < -0.39 is 0 Å². The molecule has 0 amide bonds. The second-order valence-corrected chi connectivity index (χ2v) is 4.94. The molecule has 2 aromatic carbocycles. The molecule has 3 N–H and O–H groups in total. The molecular formula is C16H18N2S. The summed E-state index contributed by atoms with van der Waals surface area (Å²) in [5.74, 6) is 0. The van der Waals surface area contributed by atoms with Gasteiger partial charge in [-0.15, -0.1) is 0 Å². The molecule has 0 aliphatic heterocycles. The molecule has 2 aromatic rings. The van der Waals surface area contributed by atoms with Crippen LogP contribution in [0.3, 0.4) is 0 Å². The number of hydrogen-bond acceptors (Lipinski definition) is 2. The Balaban J connectivity index is 2.46. The summed E-state index contributed by atoms with van der Waals surface area (Å²) >= 11 is 5.12. The molecule has 0 atom stereocenters. The van der Waals surface area contributed by atoms with Crippen molar-refractivity contribution in [3.63, 3.8) is 0 Å². The van der Waals surface area contributed by atoms with Crippen LogP contribution < -0.4 is 11.1 Å². The fourth-order valence-electron chi connectivity index (χ4n) is 2.12. The predicted molar refractivity (Wildman–Crippen MR) is 86.2 cm³/mol. The van der Waals surface area contributed by atoms with Crippen molar-refractivity contribution < 1.29 is 0 Å². The molecule has 0 radical (unpaired) electrons. The first-order chi connectivity index (χ1) is 9.13. The quantitative estimate of drug-likeness (QED) is 0.827. The lowest BCUT2D eigenvalue weighted by Crippen LogP contribution is -2.13. The molecule has 0 spiro atoms. The van der Waals surface area contributed by atoms with E-state index in [0.717, 1.165) is 28.9 Å². The molecule has 19 heavy (non-hydrogen) atoms. The van der Waals surface area contributed by atoms with E-state index in [4.69, 9.17) is 18.0 Å². The molecule has 0 saturated carbocycles. The summed E-state index contributed by atoms with van der Waals surface area (Å²) in [4.78, 5) is 0.417. The van der Waals surface area contributed by atoms with Gasteiger partial charge in [0.1, 0.15) is 4.99 Å². The van der Waals surface area contributed by atoms with Gasteiger partial charge in [0, 0.05) is 11.3 Å². The van der Waals surface area contributed by atoms with Crippen molar-refractivity contribution in [1.82, 2.24) is 0 Å². The van der Waals surface area contributed by atoms with E-state index in [9.17, 15) is 0 Å². The molecule has 2 rings (SSSR count). The lowest BCUT2D eigenvalue weighted by molar-refractivity contribution is 1.14. The number of benzene rings is 2. The van der Waals surface area contributed by atoms with Crippen LogP contribution in [-0.4, -0.2) is 4.99 Å². The minimum Gasteiger partial charge on any atom is -0.389 e. The first-order valence-electron chi connectivity index (χ1n) is 6.37. The molecule has 0 bridgehead atoms. The number of thiocarbonyl (C=S) groups is 1. The van der Waals surface area contributed by atoms with Crippen LogP contribution in [0.15, 0.2) is 42.5 Å². The van der Waals surface area contributed by atoms with E-state index in [1.807, 2.05) is 18.2 Å². The van der Waals surface area contributed by atoms with Crippen LogP contribution in [0.5, 0.6) is 0 Å². The summed E-state index contributed by atoms with van der Waals surface area (Å²) in [7, 11) is 0. The van der Waals surface area contributed by atoms with E-state index >= 15 is 0 Å². The van der Waals surface area contributed by atoms with E-state index in [1.54, 1.807) is 0 Å². The van der Waals surface area contributed by atoms with Crippen LogP contribution in [0, 0.1) is 6.92 Å². The van der Waals surface area contributed by atoms with E-state index in [0.29, 0.717) is 4.99 Å². The van der Waals surface area contributed by atoms with Gasteiger partial charge in [-0.1, -0.05) is 49.5 Å². The van der Waals surface area contributed by atoms with Gasteiger partial charge in [-0.2, -0.15) is 0 Å². The Bertz CT molecular complexity index is 605. The molecule has 0 fully saturated rings. The van der Waals surface area contributed by atoms with Crippen LogP contribution >= 0.6 is 12.2 Å². The maximum Gasteiger partial charge on any atom is 0.106 e. The number of hydrogen-bond donors (Lipinski definition) is 2. The van der Waals surface area contributed by atoms with Crippen molar-refractivity contribution >= 4 is 28.6 Å². The summed E-state index contributed by atoms with van der Waals surface area (Å²) in [6.45, 7) is 4.20. The molecule has 0 aliphatic rings. The van der Waals surface area contributed by atoms with Gasteiger partial charge in [0.2, 0.25) is 0 Å². The molecule has 0 unspecified atom stereocenters. The SMILES string of the molecule is CCc1ccccc1Nc1c(C)cccc1C(N)=S. The number of anilines is 2. The Morgan fingerprint density at radius 2 is 1.89 bits per heavy atom. The van der Waals surface area contributed by atoms with Gasteiger partial charge in [0.15, 0.2) is 0 Å². The Morgan fingerprint density at radius 3 is 2.58 bits per heavy atom. The Morgan fingerprint density at radius 1 is 1.16 bits per heavy atom. The predicted octanol–water partition coefficient (Wildman–Crippen LogP) is 3.94. The monoisotopic (exact) mass is 270 g/mol. The van der Waals surface area contributed by atoms with Crippen molar-refractivity contribution in [2.45, 2.75) is 20.3 Å². The molecule has 0 heterocycles. The van der Waals surface area contributed by atoms with Crippen molar-refractivity contribution in [2.75, 3.05) is 5.32 Å². The van der Waals surface area contributed by atoms with Gasteiger partial charge in [0.05, 0.1) is 5.69 Å². The lowest BCUT2D eigenvalue weighted by atomic mass is 10.1. The third-order valence-electron chi connectivity index (χ3n) is 3.20. The highest BCUT2D eigenvalue weighted by atomic mass is 32.1. The maximum absolute atomic E-state index is 5.80. The fraction of sp³-hybridized carbons (Fsp3) is 0.188. The van der Waals surface area contributed by atoms with E-state index in [-0.39, 0.29) is 0 Å². The number of nitrogens with one attached hydrogen (secondary N) is 1. The third-order valence-corrected chi connectivity index (χ3v) is 3.42. The van der Waals surface area contributed by atoms with Crippen LogP contribution in [-0.2, 0) is 6.42 Å². The summed E-state index contributed by atoms with van der Waals surface area (Å²) in [6.07, 6.45) is 0.984. The molecule has 0 aromatic heterocycles. The molecular weight excluding hydrogens is 252 g/mol. The first-order valence-corrected chi connectivity index (χ1v) is 6.78. The highest BCUT2D eigenvalue weighted by molar-refractivity contribution is 7.80. The number of nitrogens with two attached hydrogens (primary N) is 1. The zero-order valence-corrected chi connectivity index (χ0v) is 12.1. The van der Waals surface area contributed by atoms with Crippen LogP contribution in [0.25, 0.3) is 0 Å². The zero-order valence-electron chi connectivity index (χ0n) is 11.2. The zero-order chi connectivity index (χ0) is 13.8. The number of aryl methyl sites for hydroxylation is 2. The van der Waals surface area contributed by atoms with Crippen LogP contribution in [0.2, 0.25) is 0 Å². The number of rotatable bonds is 4. The van der Waals surface area contributed by atoms with Crippen molar-refractivity contribution in [1.29, 1.82) is 0 Å². The van der Waals surface area contributed by atoms with Gasteiger partial charge in [-0.3, -0.25) is 0 Å². The Kier molecular flexibility index (Phi) is 4.17. The van der Waals surface area contributed by atoms with Gasteiger partial charge >= 0.3 is 0 Å². The summed E-state index contributed by atoms with van der Waals surface area (Å²) in [5.41, 5.74) is 11.2. The number of para-hydroxylation sites is 2. The summed E-state index contributed by atoms with van der Waals surface area (Å²) in [6, 6.07) is 14.3. The normalized spacial score (nSPS) is 10.2. The summed E-state index contributed by atoms with van der Waals surface area (Å²) in [5, 5.41) is 3.47. The molecule has 0 saturated heterocycles. The average Bonchev–Trinajstić information content (AvgIpc) is 2.41. The highest BCUT2D eigenvalue weighted by Crippen LogP contribution is 2.27. The largest absolute Gasteiger partial charge is 0.389 e. The molecule has 2 nitrogen and oxygen atoms in total. The highest BCUT2D eigenvalue weighted by Gasteiger charge is 2.09. The molecule has 3 heteroatoms. The minimum atomic E-state index is 0.417.